The normalized spacial score (nSPS) is 11.5. The fourth-order valence-corrected chi connectivity index (χ4v) is 4.78. The summed E-state index contributed by atoms with van der Waals surface area (Å²) < 4.78 is 7.12. The van der Waals surface area contributed by atoms with Gasteiger partial charge in [-0.2, -0.15) is 0 Å². The number of benzene rings is 3. The summed E-state index contributed by atoms with van der Waals surface area (Å²) in [6, 6.07) is 26.2. The van der Waals surface area contributed by atoms with E-state index in [0.29, 0.717) is 0 Å². The number of aromatic nitrogens is 2. The van der Waals surface area contributed by atoms with Crippen molar-refractivity contribution in [3.63, 3.8) is 0 Å². The number of hydrogen-bond acceptors (Lipinski definition) is 1. The molecule has 2 aromatic heterocycles. The summed E-state index contributed by atoms with van der Waals surface area (Å²) in [5, 5.41) is 2.68. The summed E-state index contributed by atoms with van der Waals surface area (Å²) in [4.78, 5) is 0. The van der Waals surface area contributed by atoms with Crippen LogP contribution >= 0.6 is 11.3 Å². The van der Waals surface area contributed by atoms with Gasteiger partial charge in [0.15, 0.2) is 13.2 Å². The molecule has 5 rings (SSSR count). The monoisotopic (exact) mass is 355 g/mol. The summed E-state index contributed by atoms with van der Waals surface area (Å²) in [6.45, 7) is 2.16. The second-order valence-corrected chi connectivity index (χ2v) is 7.77. The summed E-state index contributed by atoms with van der Waals surface area (Å²) in [5.41, 5.74) is 4.93. The predicted octanol–water partition coefficient (Wildman–Crippen LogP) is 5.65. The van der Waals surface area contributed by atoms with Crippen molar-refractivity contribution in [3.05, 3.63) is 84.6 Å². The number of hydrogen-bond donors (Lipinski definition) is 0. The fraction of sp³-hybridized carbons (Fsp3) is 0.0870. The van der Waals surface area contributed by atoms with Crippen molar-refractivity contribution < 1.29 is 4.68 Å². The van der Waals surface area contributed by atoms with Crippen LogP contribution in [-0.2, 0) is 7.05 Å². The van der Waals surface area contributed by atoms with Crippen LogP contribution in [0.2, 0.25) is 0 Å². The molecule has 0 amide bonds. The van der Waals surface area contributed by atoms with Gasteiger partial charge in [-0.15, -0.1) is 20.7 Å². The van der Waals surface area contributed by atoms with Crippen LogP contribution in [0.25, 0.3) is 37.1 Å². The molecule has 3 aromatic carbocycles. The van der Waals surface area contributed by atoms with Crippen LogP contribution in [0.5, 0.6) is 0 Å². The minimum absolute atomic E-state index is 1.21. The van der Waals surface area contributed by atoms with Crippen molar-refractivity contribution in [1.29, 1.82) is 0 Å². The van der Waals surface area contributed by atoms with Gasteiger partial charge in [-0.25, -0.2) is 0 Å². The highest BCUT2D eigenvalue weighted by Crippen LogP contribution is 2.36. The van der Waals surface area contributed by atoms with Crippen molar-refractivity contribution in [2.75, 3.05) is 0 Å². The molecule has 0 aliphatic carbocycles. The molecule has 0 saturated carbocycles. The van der Waals surface area contributed by atoms with Gasteiger partial charge in [0.25, 0.3) is 0 Å². The Balaban J connectivity index is 1.77. The highest BCUT2D eigenvalue weighted by atomic mass is 32.1. The lowest BCUT2D eigenvalue weighted by atomic mass is 10.1. The lowest BCUT2D eigenvalue weighted by molar-refractivity contribution is -0.743. The molecule has 2 nitrogen and oxygen atoms in total. The third kappa shape index (κ3) is 2.28. The minimum Gasteiger partial charge on any atom is -0.135 e. The van der Waals surface area contributed by atoms with Gasteiger partial charge >= 0.3 is 0 Å². The molecule has 126 valence electrons. The Morgan fingerprint density at radius 1 is 0.808 bits per heavy atom. The molecule has 0 unspecified atom stereocenters. The summed E-state index contributed by atoms with van der Waals surface area (Å²) in [5.74, 6) is 0. The van der Waals surface area contributed by atoms with Crippen LogP contribution in [0, 0.1) is 6.92 Å². The second kappa shape index (κ2) is 5.82. The molecule has 0 spiro atoms. The molecule has 0 aliphatic rings. The zero-order valence-electron chi connectivity index (χ0n) is 14.8. The third-order valence-corrected chi connectivity index (χ3v) is 6.16. The number of fused-ring (bicyclic) bond motifs is 3. The van der Waals surface area contributed by atoms with Crippen LogP contribution in [0.15, 0.2) is 79.0 Å². The molecular formula is C23H19N2S+. The smallest absolute Gasteiger partial charge is 0.135 e. The van der Waals surface area contributed by atoms with E-state index in [0.717, 1.165) is 0 Å². The third-order valence-electron chi connectivity index (χ3n) is 5.01. The molecule has 0 aliphatic heterocycles. The first-order valence-electron chi connectivity index (χ1n) is 8.78. The van der Waals surface area contributed by atoms with Crippen LogP contribution in [0.1, 0.15) is 5.56 Å². The van der Waals surface area contributed by atoms with Gasteiger partial charge in [-0.05, 0) is 36.8 Å². The Kier molecular flexibility index (Phi) is 3.44. The maximum absolute atomic E-state index is 2.33. The van der Waals surface area contributed by atoms with E-state index in [1.54, 1.807) is 0 Å². The van der Waals surface area contributed by atoms with E-state index >= 15 is 0 Å². The number of rotatable bonds is 2. The van der Waals surface area contributed by atoms with Crippen LogP contribution in [0.3, 0.4) is 0 Å². The van der Waals surface area contributed by atoms with E-state index in [4.69, 9.17) is 0 Å². The number of para-hydroxylation sites is 1. The molecule has 0 atom stereocenters. The molecule has 2 heterocycles. The number of nitrogens with zero attached hydrogens (tertiary/aromatic N) is 2. The first-order chi connectivity index (χ1) is 12.7. The summed E-state index contributed by atoms with van der Waals surface area (Å²) in [6.07, 6.45) is 2.12. The van der Waals surface area contributed by atoms with Crippen molar-refractivity contribution in [3.8, 4) is 16.9 Å². The van der Waals surface area contributed by atoms with Crippen LogP contribution in [0.4, 0.5) is 0 Å². The maximum Gasteiger partial charge on any atom is 0.196 e. The van der Waals surface area contributed by atoms with E-state index in [1.807, 2.05) is 11.3 Å². The van der Waals surface area contributed by atoms with E-state index < -0.39 is 0 Å². The first-order valence-corrected chi connectivity index (χ1v) is 9.59. The zero-order chi connectivity index (χ0) is 17.7. The van der Waals surface area contributed by atoms with Gasteiger partial charge in [0.05, 0.1) is 0 Å². The average Bonchev–Trinajstić information content (AvgIpc) is 3.22. The first kappa shape index (κ1) is 15.4. The highest BCUT2D eigenvalue weighted by molar-refractivity contribution is 7.25. The number of aryl methyl sites for hydroxylation is 2. The second-order valence-electron chi connectivity index (χ2n) is 6.68. The molecule has 5 aromatic rings. The quantitative estimate of drug-likeness (QED) is 0.362. The van der Waals surface area contributed by atoms with Crippen molar-refractivity contribution in [1.82, 2.24) is 4.68 Å². The Hall–Kier alpha value is -2.91. The van der Waals surface area contributed by atoms with Crippen LogP contribution < -0.4 is 4.68 Å². The van der Waals surface area contributed by atoms with Gasteiger partial charge in [0, 0.05) is 31.8 Å². The van der Waals surface area contributed by atoms with E-state index in [2.05, 4.69) is 102 Å². The molecule has 0 N–H and O–H groups in total. The van der Waals surface area contributed by atoms with Gasteiger partial charge in [-0.1, -0.05) is 42.5 Å². The van der Waals surface area contributed by atoms with Gasteiger partial charge in [0.1, 0.15) is 11.4 Å². The summed E-state index contributed by atoms with van der Waals surface area (Å²) >= 11 is 1.86. The number of thiophene rings is 1. The average molecular weight is 355 g/mol. The summed E-state index contributed by atoms with van der Waals surface area (Å²) in [7, 11) is 2.09. The van der Waals surface area contributed by atoms with Crippen molar-refractivity contribution in [2.24, 2.45) is 7.05 Å². The van der Waals surface area contributed by atoms with Crippen molar-refractivity contribution >= 4 is 31.5 Å². The minimum atomic E-state index is 1.21. The van der Waals surface area contributed by atoms with Gasteiger partial charge in [0.2, 0.25) is 0 Å². The van der Waals surface area contributed by atoms with Crippen molar-refractivity contribution in [2.45, 2.75) is 6.92 Å². The lowest BCUT2D eigenvalue weighted by Gasteiger charge is -2.09. The SMILES string of the molecule is Cc1ccccc1-n1c(-c2ccc3sc4ccccc4c3c2)cc[n+]1C. The molecule has 0 fully saturated rings. The Labute approximate surface area is 156 Å². The predicted molar refractivity (Wildman–Crippen MR) is 110 cm³/mol. The van der Waals surface area contributed by atoms with Crippen LogP contribution in [-0.4, -0.2) is 4.68 Å². The molecule has 0 bridgehead atoms. The largest absolute Gasteiger partial charge is 0.196 e. The zero-order valence-corrected chi connectivity index (χ0v) is 15.6. The Morgan fingerprint density at radius 3 is 2.46 bits per heavy atom. The topological polar surface area (TPSA) is 8.81 Å². The molecular weight excluding hydrogens is 336 g/mol. The lowest BCUT2D eigenvalue weighted by Crippen LogP contribution is -2.37. The molecule has 0 radical (unpaired) electrons. The van der Waals surface area contributed by atoms with Gasteiger partial charge < -0.3 is 0 Å². The Morgan fingerprint density at radius 2 is 1.58 bits per heavy atom. The molecule has 26 heavy (non-hydrogen) atoms. The Bertz CT molecular complexity index is 1260. The molecule has 3 heteroatoms. The molecule has 0 saturated heterocycles. The van der Waals surface area contributed by atoms with E-state index in [9.17, 15) is 0 Å². The maximum atomic E-state index is 2.33. The van der Waals surface area contributed by atoms with E-state index in [-0.39, 0.29) is 0 Å². The fourth-order valence-electron chi connectivity index (χ4n) is 3.69. The highest BCUT2D eigenvalue weighted by Gasteiger charge is 2.18. The van der Waals surface area contributed by atoms with E-state index in [1.165, 1.54) is 42.7 Å². The standard InChI is InChI=1S/C23H19N2S/c1-16-7-3-5-9-20(16)25-21(13-14-24(25)2)17-11-12-23-19(15-17)18-8-4-6-10-22(18)26-23/h3-15H,1-2H3/q+1. The van der Waals surface area contributed by atoms with Gasteiger partial charge in [-0.3, -0.25) is 0 Å².